The van der Waals surface area contributed by atoms with Crippen LogP contribution in [0.3, 0.4) is 0 Å². The van der Waals surface area contributed by atoms with Crippen LogP contribution in [0.2, 0.25) is 0 Å². The highest BCUT2D eigenvalue weighted by atomic mass is 19.2. The van der Waals surface area contributed by atoms with Gasteiger partial charge in [0.1, 0.15) is 0 Å². The zero-order valence-electron chi connectivity index (χ0n) is 16.5. The molecule has 2 N–H and O–H groups in total. The lowest BCUT2D eigenvalue weighted by Gasteiger charge is -2.27. The van der Waals surface area contributed by atoms with Crippen molar-refractivity contribution in [1.82, 2.24) is 0 Å². The van der Waals surface area contributed by atoms with Crippen LogP contribution in [0, 0.1) is 23.4 Å². The predicted octanol–water partition coefficient (Wildman–Crippen LogP) is 6.63. The van der Waals surface area contributed by atoms with E-state index in [-0.39, 0.29) is 28.7 Å². The topological polar surface area (TPSA) is 40.5 Å². The van der Waals surface area contributed by atoms with Gasteiger partial charge in [-0.25, -0.2) is 13.2 Å². The molecule has 1 aliphatic carbocycles. The zero-order chi connectivity index (χ0) is 21.0. The maximum absolute atomic E-state index is 14.4. The van der Waals surface area contributed by atoms with Crippen molar-refractivity contribution in [3.63, 3.8) is 0 Å². The number of hydrogen-bond donors (Lipinski definition) is 2. The van der Waals surface area contributed by atoms with Gasteiger partial charge in [0.2, 0.25) is 0 Å². The van der Waals surface area contributed by atoms with Crippen LogP contribution in [0.25, 0.3) is 6.08 Å². The van der Waals surface area contributed by atoms with Crippen LogP contribution < -0.4 is 0 Å². The van der Waals surface area contributed by atoms with Gasteiger partial charge in [-0.15, -0.1) is 0 Å². The van der Waals surface area contributed by atoms with Crippen LogP contribution >= 0.6 is 0 Å². The number of hydrogen-bond acceptors (Lipinski definition) is 2. The Labute approximate surface area is 169 Å². The Morgan fingerprint density at radius 2 is 1.76 bits per heavy atom. The Hall–Kier alpha value is -2.27. The third kappa shape index (κ3) is 5.02. The van der Waals surface area contributed by atoms with Gasteiger partial charge in [0, 0.05) is 11.1 Å². The molecule has 29 heavy (non-hydrogen) atoms. The molecule has 0 aliphatic heterocycles. The summed E-state index contributed by atoms with van der Waals surface area (Å²) in [5, 5.41) is 19.3. The van der Waals surface area contributed by atoms with E-state index in [1.165, 1.54) is 24.3 Å². The van der Waals surface area contributed by atoms with Crippen molar-refractivity contribution in [2.45, 2.75) is 57.5 Å². The van der Waals surface area contributed by atoms with Crippen LogP contribution in [-0.4, -0.2) is 10.2 Å². The first-order chi connectivity index (χ1) is 13.9. The molecule has 0 radical (unpaired) electrons. The van der Waals surface area contributed by atoms with Crippen LogP contribution in [0.15, 0.2) is 36.4 Å². The van der Waals surface area contributed by atoms with Gasteiger partial charge in [0.05, 0.1) is 6.10 Å². The molecule has 3 rings (SSSR count). The van der Waals surface area contributed by atoms with Crippen LogP contribution in [0.1, 0.15) is 74.2 Å². The Bertz CT molecular complexity index is 871. The second-order valence-electron chi connectivity index (χ2n) is 7.86. The minimum Gasteiger partial charge on any atom is -0.505 e. The zero-order valence-corrected chi connectivity index (χ0v) is 16.5. The van der Waals surface area contributed by atoms with Gasteiger partial charge in [-0.05, 0) is 61.6 Å². The summed E-state index contributed by atoms with van der Waals surface area (Å²) in [5.74, 6) is -2.36. The molecular formula is C24H27F3O2. The van der Waals surface area contributed by atoms with Crippen molar-refractivity contribution in [2.24, 2.45) is 5.92 Å². The molecular weight excluding hydrogens is 377 g/mol. The number of phenolic OH excluding ortho intramolecular Hbond substituents is 1. The van der Waals surface area contributed by atoms with Crippen molar-refractivity contribution < 1.29 is 23.4 Å². The largest absolute Gasteiger partial charge is 0.505 e. The van der Waals surface area contributed by atoms with E-state index in [4.69, 9.17) is 0 Å². The molecule has 0 bridgehead atoms. The highest BCUT2D eigenvalue weighted by Gasteiger charge is 2.22. The first-order valence-corrected chi connectivity index (χ1v) is 10.2. The molecule has 1 fully saturated rings. The number of aromatic hydroxyl groups is 1. The third-order valence-electron chi connectivity index (χ3n) is 5.83. The van der Waals surface area contributed by atoms with Crippen molar-refractivity contribution in [2.75, 3.05) is 0 Å². The van der Waals surface area contributed by atoms with Crippen molar-refractivity contribution >= 4 is 6.08 Å². The quantitative estimate of drug-likeness (QED) is 0.567. The van der Waals surface area contributed by atoms with Gasteiger partial charge in [0.25, 0.3) is 0 Å². The van der Waals surface area contributed by atoms with Gasteiger partial charge in [0.15, 0.2) is 23.2 Å². The molecule has 1 aliphatic rings. The fourth-order valence-corrected chi connectivity index (χ4v) is 4.06. The van der Waals surface area contributed by atoms with Gasteiger partial charge in [-0.3, -0.25) is 0 Å². The van der Waals surface area contributed by atoms with Gasteiger partial charge >= 0.3 is 0 Å². The molecule has 0 aromatic heterocycles. The lowest BCUT2D eigenvalue weighted by Crippen LogP contribution is -2.12. The Morgan fingerprint density at radius 3 is 2.41 bits per heavy atom. The molecule has 0 heterocycles. The van der Waals surface area contributed by atoms with Gasteiger partial charge in [-0.2, -0.15) is 0 Å². The summed E-state index contributed by atoms with van der Waals surface area (Å²) >= 11 is 0. The van der Waals surface area contributed by atoms with E-state index >= 15 is 0 Å². The van der Waals surface area contributed by atoms with Crippen LogP contribution in [-0.2, 0) is 0 Å². The molecule has 0 spiro atoms. The van der Waals surface area contributed by atoms with Crippen molar-refractivity contribution in [3.8, 4) is 5.75 Å². The minimum atomic E-state index is -0.993. The monoisotopic (exact) mass is 404 g/mol. The van der Waals surface area contributed by atoms with E-state index in [0.29, 0.717) is 12.8 Å². The number of aliphatic hydroxyl groups excluding tert-OH is 1. The van der Waals surface area contributed by atoms with Crippen LogP contribution in [0.5, 0.6) is 5.75 Å². The molecule has 0 amide bonds. The maximum Gasteiger partial charge on any atom is 0.166 e. The van der Waals surface area contributed by atoms with E-state index in [0.717, 1.165) is 31.2 Å². The van der Waals surface area contributed by atoms with E-state index < -0.39 is 23.6 Å². The summed E-state index contributed by atoms with van der Waals surface area (Å²) in [7, 11) is 0. The van der Waals surface area contributed by atoms with E-state index in [9.17, 15) is 23.4 Å². The average Bonchev–Trinajstić information content (AvgIpc) is 2.72. The van der Waals surface area contributed by atoms with E-state index in [1.807, 2.05) is 13.0 Å². The minimum absolute atomic E-state index is 0.00291. The molecule has 2 aromatic rings. The Kier molecular flexibility index (Phi) is 7.01. The molecule has 1 unspecified atom stereocenters. The number of aliphatic hydroxyl groups is 1. The second-order valence-corrected chi connectivity index (χ2v) is 7.86. The highest BCUT2D eigenvalue weighted by Crippen LogP contribution is 2.37. The first-order valence-electron chi connectivity index (χ1n) is 10.2. The fourth-order valence-electron chi connectivity index (χ4n) is 4.06. The van der Waals surface area contributed by atoms with Crippen LogP contribution in [0.4, 0.5) is 13.2 Å². The first kappa shape index (κ1) is 21.4. The number of rotatable bonds is 6. The SMILES string of the molecule is CCCC(O)c1ccc(/C=C/C2CCC(c3ccc(O)c(F)c3)CC2)c(F)c1F. The molecule has 2 nitrogen and oxygen atoms in total. The van der Waals surface area contributed by atoms with Crippen molar-refractivity contribution in [1.29, 1.82) is 0 Å². The normalized spacial score (nSPS) is 20.9. The average molecular weight is 404 g/mol. The highest BCUT2D eigenvalue weighted by molar-refractivity contribution is 5.51. The standard InChI is InChI=1S/C24H27F3O2/c1-2-3-21(28)19-12-10-17(23(26)24(19)27)9-6-15-4-7-16(8-5-15)18-11-13-22(29)20(25)14-18/h6,9-16,21,28-29H,2-5,7-8H2,1H3/b9-6+. The molecule has 1 atom stereocenters. The summed E-state index contributed by atoms with van der Waals surface area (Å²) in [5.41, 5.74) is 1.07. The van der Waals surface area contributed by atoms with Gasteiger partial charge < -0.3 is 10.2 Å². The van der Waals surface area contributed by atoms with Crippen molar-refractivity contribution in [3.05, 3.63) is 70.5 Å². The Balaban J connectivity index is 1.63. The number of phenols is 1. The Morgan fingerprint density at radius 1 is 1.03 bits per heavy atom. The van der Waals surface area contributed by atoms with E-state index in [2.05, 4.69) is 0 Å². The molecule has 1 saturated carbocycles. The molecule has 156 valence electrons. The number of benzene rings is 2. The maximum atomic E-state index is 14.4. The smallest absolute Gasteiger partial charge is 0.166 e. The molecule has 5 heteroatoms. The predicted molar refractivity (Wildman–Crippen MR) is 108 cm³/mol. The number of allylic oxidation sites excluding steroid dienone is 1. The summed E-state index contributed by atoms with van der Waals surface area (Å²) in [4.78, 5) is 0. The van der Waals surface area contributed by atoms with Gasteiger partial charge in [-0.1, -0.05) is 43.7 Å². The summed E-state index contributed by atoms with van der Waals surface area (Å²) in [6.07, 6.45) is 7.10. The summed E-state index contributed by atoms with van der Waals surface area (Å²) < 4.78 is 42.2. The lowest BCUT2D eigenvalue weighted by molar-refractivity contribution is 0.160. The number of halogens is 3. The third-order valence-corrected chi connectivity index (χ3v) is 5.83. The molecule has 2 aromatic carbocycles. The molecule has 0 saturated heterocycles. The van der Waals surface area contributed by atoms with E-state index in [1.54, 1.807) is 12.1 Å². The summed E-state index contributed by atoms with van der Waals surface area (Å²) in [6, 6.07) is 7.49. The fraction of sp³-hybridized carbons (Fsp3) is 0.417. The lowest BCUT2D eigenvalue weighted by atomic mass is 9.78. The second kappa shape index (κ2) is 9.49. The summed E-state index contributed by atoms with van der Waals surface area (Å²) in [6.45, 7) is 1.88.